The molecule has 0 aliphatic rings. The van der Waals surface area contributed by atoms with E-state index < -0.39 is 11.4 Å². The average molecular weight is 259 g/mol. The van der Waals surface area contributed by atoms with Crippen molar-refractivity contribution in [3.63, 3.8) is 0 Å². The van der Waals surface area contributed by atoms with Crippen molar-refractivity contribution in [3.05, 3.63) is 41.3 Å². The van der Waals surface area contributed by atoms with Crippen molar-refractivity contribution < 1.29 is 14.3 Å². The van der Waals surface area contributed by atoms with Crippen molar-refractivity contribution in [3.8, 4) is 11.5 Å². The van der Waals surface area contributed by atoms with Crippen molar-refractivity contribution >= 4 is 5.97 Å². The molecule has 4 nitrogen and oxygen atoms in total. The number of aryl methyl sites for hydroxylation is 2. The predicted molar refractivity (Wildman–Crippen MR) is 72.1 cm³/mol. The first-order valence-corrected chi connectivity index (χ1v) is 6.09. The maximum Gasteiger partial charge on any atom is 0.315 e. The van der Waals surface area contributed by atoms with Gasteiger partial charge in [0.2, 0.25) is 5.89 Å². The van der Waals surface area contributed by atoms with Gasteiger partial charge in [0.15, 0.2) is 0 Å². The van der Waals surface area contributed by atoms with Crippen LogP contribution in [0.2, 0.25) is 0 Å². The molecule has 0 fully saturated rings. The minimum absolute atomic E-state index is 0.427. The second-order valence-corrected chi connectivity index (χ2v) is 5.29. The number of aliphatic carboxylic acids is 1. The maximum absolute atomic E-state index is 11.2. The first-order chi connectivity index (χ1) is 8.82. The molecule has 1 N–H and O–H groups in total. The zero-order valence-corrected chi connectivity index (χ0v) is 11.5. The number of hydrogen-bond acceptors (Lipinski definition) is 3. The van der Waals surface area contributed by atoms with E-state index >= 15 is 0 Å². The molecule has 19 heavy (non-hydrogen) atoms. The van der Waals surface area contributed by atoms with Crippen LogP contribution in [0.1, 0.15) is 30.7 Å². The van der Waals surface area contributed by atoms with Crippen LogP contribution in [0.5, 0.6) is 0 Å². The average Bonchev–Trinajstić information content (AvgIpc) is 2.82. The van der Waals surface area contributed by atoms with Gasteiger partial charge in [-0.3, -0.25) is 4.79 Å². The molecule has 1 heterocycles. The molecular weight excluding hydrogens is 242 g/mol. The first kappa shape index (κ1) is 13.3. The van der Waals surface area contributed by atoms with Crippen molar-refractivity contribution in [1.82, 2.24) is 4.98 Å². The number of nitrogens with zero attached hydrogens (tertiary/aromatic N) is 1. The summed E-state index contributed by atoms with van der Waals surface area (Å²) in [6.45, 7) is 7.19. The van der Waals surface area contributed by atoms with E-state index in [-0.39, 0.29) is 0 Å². The Morgan fingerprint density at radius 3 is 2.63 bits per heavy atom. The summed E-state index contributed by atoms with van der Waals surface area (Å²) >= 11 is 0. The topological polar surface area (TPSA) is 63.3 Å². The van der Waals surface area contributed by atoms with Crippen LogP contribution in [-0.4, -0.2) is 16.1 Å². The third-order valence-corrected chi connectivity index (χ3v) is 3.30. The lowest BCUT2D eigenvalue weighted by molar-refractivity contribution is -0.142. The fraction of sp³-hybridized carbons (Fsp3) is 0.333. The molecule has 2 rings (SSSR count). The maximum atomic E-state index is 11.2. The minimum atomic E-state index is -1.06. The van der Waals surface area contributed by atoms with Crippen LogP contribution in [0.3, 0.4) is 0 Å². The van der Waals surface area contributed by atoms with Crippen molar-refractivity contribution in [2.45, 2.75) is 33.1 Å². The lowest BCUT2D eigenvalue weighted by atomic mass is 9.90. The number of oxazole rings is 1. The smallest absolute Gasteiger partial charge is 0.315 e. The molecule has 0 bridgehead atoms. The Labute approximate surface area is 112 Å². The van der Waals surface area contributed by atoms with E-state index in [1.54, 1.807) is 13.8 Å². The van der Waals surface area contributed by atoms with Gasteiger partial charge in [0.1, 0.15) is 11.7 Å². The number of aromatic nitrogens is 1. The van der Waals surface area contributed by atoms with E-state index in [4.69, 9.17) is 4.42 Å². The van der Waals surface area contributed by atoms with E-state index in [0.717, 1.165) is 16.7 Å². The van der Waals surface area contributed by atoms with Crippen molar-refractivity contribution in [2.75, 3.05) is 0 Å². The lowest BCUT2D eigenvalue weighted by Gasteiger charge is -2.14. The monoisotopic (exact) mass is 259 g/mol. The summed E-state index contributed by atoms with van der Waals surface area (Å²) in [7, 11) is 0. The van der Waals surface area contributed by atoms with Gasteiger partial charge in [0, 0.05) is 5.56 Å². The summed E-state index contributed by atoms with van der Waals surface area (Å²) in [5.74, 6) is -0.459. The standard InChI is InChI=1S/C15H17NO3/c1-9-5-6-10(2)11(7-9)13-16-12(8-19-13)15(3,4)14(17)18/h5-8H,1-4H3,(H,17,18). The summed E-state index contributed by atoms with van der Waals surface area (Å²) in [6, 6.07) is 6.00. The van der Waals surface area contributed by atoms with E-state index in [1.165, 1.54) is 6.26 Å². The summed E-state index contributed by atoms with van der Waals surface area (Å²) in [5.41, 5.74) is 2.42. The second-order valence-electron chi connectivity index (χ2n) is 5.29. The van der Waals surface area contributed by atoms with Crippen molar-refractivity contribution in [2.24, 2.45) is 0 Å². The SMILES string of the molecule is Cc1ccc(C)c(-c2nc(C(C)(C)C(=O)O)co2)c1. The van der Waals surface area contributed by atoms with Crippen LogP contribution in [0.25, 0.3) is 11.5 Å². The molecule has 0 saturated heterocycles. The Bertz CT molecular complexity index is 626. The number of benzene rings is 1. The normalized spacial score (nSPS) is 11.6. The molecular formula is C15H17NO3. The zero-order chi connectivity index (χ0) is 14.2. The van der Waals surface area contributed by atoms with Gasteiger partial charge in [-0.25, -0.2) is 4.98 Å². The fourth-order valence-electron chi connectivity index (χ4n) is 1.76. The van der Waals surface area contributed by atoms with Gasteiger partial charge in [-0.15, -0.1) is 0 Å². The van der Waals surface area contributed by atoms with E-state index in [2.05, 4.69) is 4.98 Å². The van der Waals surface area contributed by atoms with E-state index in [1.807, 2.05) is 32.0 Å². The number of rotatable bonds is 3. The molecule has 0 atom stereocenters. The van der Waals surface area contributed by atoms with Gasteiger partial charge < -0.3 is 9.52 Å². The highest BCUT2D eigenvalue weighted by Crippen LogP contribution is 2.28. The summed E-state index contributed by atoms with van der Waals surface area (Å²) < 4.78 is 5.45. The summed E-state index contributed by atoms with van der Waals surface area (Å²) in [5, 5.41) is 9.19. The zero-order valence-electron chi connectivity index (χ0n) is 11.5. The molecule has 0 spiro atoms. The fourth-order valence-corrected chi connectivity index (χ4v) is 1.76. The minimum Gasteiger partial charge on any atom is -0.481 e. The molecule has 2 aromatic rings. The molecule has 4 heteroatoms. The molecule has 0 radical (unpaired) electrons. The predicted octanol–water partition coefficient (Wildman–Crippen LogP) is 3.32. The van der Waals surface area contributed by atoms with Crippen LogP contribution in [0, 0.1) is 13.8 Å². The highest BCUT2D eigenvalue weighted by atomic mass is 16.4. The molecule has 100 valence electrons. The van der Waals surface area contributed by atoms with Crippen LogP contribution >= 0.6 is 0 Å². The third-order valence-electron chi connectivity index (χ3n) is 3.30. The summed E-state index contributed by atoms with van der Waals surface area (Å²) in [6.07, 6.45) is 1.42. The summed E-state index contributed by atoms with van der Waals surface area (Å²) in [4.78, 5) is 15.5. The Kier molecular flexibility index (Phi) is 3.18. The highest BCUT2D eigenvalue weighted by Gasteiger charge is 2.33. The largest absolute Gasteiger partial charge is 0.481 e. The van der Waals surface area contributed by atoms with Gasteiger partial charge in [0.05, 0.1) is 5.69 Å². The third kappa shape index (κ3) is 2.38. The molecule has 0 saturated carbocycles. The van der Waals surface area contributed by atoms with Crippen LogP contribution in [0.4, 0.5) is 0 Å². The van der Waals surface area contributed by atoms with E-state index in [0.29, 0.717) is 11.6 Å². The Hall–Kier alpha value is -2.10. The molecule has 0 unspecified atom stereocenters. The first-order valence-electron chi connectivity index (χ1n) is 6.09. The molecule has 0 aliphatic carbocycles. The lowest BCUT2D eigenvalue weighted by Crippen LogP contribution is -2.28. The van der Waals surface area contributed by atoms with Crippen LogP contribution < -0.4 is 0 Å². The number of carboxylic acid groups (broad SMARTS) is 1. The molecule has 1 aromatic heterocycles. The second kappa shape index (κ2) is 4.53. The van der Waals surface area contributed by atoms with Gasteiger partial charge in [-0.05, 0) is 39.3 Å². The van der Waals surface area contributed by atoms with Gasteiger partial charge in [-0.2, -0.15) is 0 Å². The molecule has 1 aromatic carbocycles. The van der Waals surface area contributed by atoms with Crippen LogP contribution in [-0.2, 0) is 10.2 Å². The van der Waals surface area contributed by atoms with Gasteiger partial charge >= 0.3 is 5.97 Å². The molecule has 0 amide bonds. The Morgan fingerprint density at radius 1 is 1.32 bits per heavy atom. The Morgan fingerprint density at radius 2 is 2.00 bits per heavy atom. The van der Waals surface area contributed by atoms with Gasteiger partial charge in [0.25, 0.3) is 0 Å². The molecule has 0 aliphatic heterocycles. The number of carboxylic acids is 1. The number of hydrogen-bond donors (Lipinski definition) is 1. The highest BCUT2D eigenvalue weighted by molar-refractivity contribution is 5.79. The van der Waals surface area contributed by atoms with Crippen LogP contribution in [0.15, 0.2) is 28.9 Å². The Balaban J connectivity index is 2.47. The number of carbonyl (C=O) groups is 1. The quantitative estimate of drug-likeness (QED) is 0.918. The van der Waals surface area contributed by atoms with Gasteiger partial charge in [-0.1, -0.05) is 17.7 Å². The van der Waals surface area contributed by atoms with E-state index in [9.17, 15) is 9.90 Å². The van der Waals surface area contributed by atoms with Crippen molar-refractivity contribution in [1.29, 1.82) is 0 Å².